The minimum atomic E-state index is -0.920. The van der Waals surface area contributed by atoms with Crippen LogP contribution in [0.25, 0.3) is 32.9 Å². The van der Waals surface area contributed by atoms with Gasteiger partial charge in [-0.15, -0.1) is 6.42 Å². The lowest BCUT2D eigenvalue weighted by atomic mass is 9.95. The van der Waals surface area contributed by atoms with Gasteiger partial charge >= 0.3 is 6.01 Å². The van der Waals surface area contributed by atoms with Crippen LogP contribution >= 0.6 is 0 Å². The van der Waals surface area contributed by atoms with E-state index in [0.717, 1.165) is 25.8 Å². The molecule has 8 rings (SSSR count). The van der Waals surface area contributed by atoms with Gasteiger partial charge < -0.3 is 14.7 Å². The molecule has 0 bridgehead atoms. The van der Waals surface area contributed by atoms with Crippen molar-refractivity contribution in [1.82, 2.24) is 29.6 Å². The zero-order chi connectivity index (χ0) is 31.6. The second-order valence-corrected chi connectivity index (χ2v) is 12.4. The number of phenols is 1. The molecule has 46 heavy (non-hydrogen) atoms. The van der Waals surface area contributed by atoms with Crippen LogP contribution in [0, 0.1) is 24.0 Å². The summed E-state index contributed by atoms with van der Waals surface area (Å²) in [7, 11) is 0. The fourth-order valence-corrected chi connectivity index (χ4v) is 7.43. The third-order valence-electron chi connectivity index (χ3n) is 9.70. The fraction of sp³-hybridized carbons (Fsp3) is 0.353. The van der Waals surface area contributed by atoms with Gasteiger partial charge in [0.2, 0.25) is 0 Å². The zero-order valence-electron chi connectivity index (χ0n) is 24.8. The second kappa shape index (κ2) is 10.9. The molecule has 3 aliphatic heterocycles. The van der Waals surface area contributed by atoms with Crippen LogP contribution in [-0.2, 0) is 6.54 Å². The van der Waals surface area contributed by atoms with Gasteiger partial charge in [0.1, 0.15) is 41.4 Å². The van der Waals surface area contributed by atoms with E-state index in [0.29, 0.717) is 42.6 Å². The van der Waals surface area contributed by atoms with Gasteiger partial charge in [0, 0.05) is 49.1 Å². The van der Waals surface area contributed by atoms with Gasteiger partial charge in [0.05, 0.1) is 29.1 Å². The van der Waals surface area contributed by atoms with Crippen molar-refractivity contribution in [2.45, 2.75) is 50.0 Å². The maximum absolute atomic E-state index is 16.8. The molecule has 0 amide bonds. The largest absolute Gasteiger partial charge is 0.508 e. The molecule has 0 unspecified atom stereocenters. The number of terminal acetylenes is 1. The van der Waals surface area contributed by atoms with Crippen molar-refractivity contribution in [3.8, 4) is 35.4 Å². The zero-order valence-corrected chi connectivity index (χ0v) is 24.8. The number of aromatic nitrogens is 5. The molecule has 2 aromatic carbocycles. The molecule has 0 spiro atoms. The van der Waals surface area contributed by atoms with Crippen LogP contribution < -0.4 is 9.64 Å². The summed E-state index contributed by atoms with van der Waals surface area (Å²) in [6, 6.07) is 7.29. The van der Waals surface area contributed by atoms with Crippen LogP contribution in [0.5, 0.6) is 11.8 Å². The number of phenolic OH excluding ortho intramolecular Hbond substituents is 1. The normalized spacial score (nSPS) is 22.7. The highest BCUT2D eigenvalue weighted by molar-refractivity contribution is 6.03. The number of anilines is 1. The molecule has 0 saturated carbocycles. The second-order valence-electron chi connectivity index (χ2n) is 12.4. The molecule has 5 aromatic rings. The van der Waals surface area contributed by atoms with Crippen LogP contribution in [0.2, 0.25) is 0 Å². The molecule has 0 aliphatic carbocycles. The first-order chi connectivity index (χ1) is 22.3. The summed E-state index contributed by atoms with van der Waals surface area (Å²) in [5.41, 5.74) is -0.547. The van der Waals surface area contributed by atoms with Crippen LogP contribution in [0.4, 0.5) is 19.0 Å². The Morgan fingerprint density at radius 3 is 2.85 bits per heavy atom. The predicted octanol–water partition coefficient (Wildman–Crippen LogP) is 5.24. The van der Waals surface area contributed by atoms with Crippen molar-refractivity contribution in [3.05, 3.63) is 66.1 Å². The summed E-state index contributed by atoms with van der Waals surface area (Å²) in [4.78, 5) is 17.9. The van der Waals surface area contributed by atoms with Crippen molar-refractivity contribution >= 4 is 27.5 Å². The summed E-state index contributed by atoms with van der Waals surface area (Å²) in [6.07, 6.45) is 12.9. The quantitative estimate of drug-likeness (QED) is 0.246. The lowest BCUT2D eigenvalue weighted by Crippen LogP contribution is -2.50. The number of alkyl halides is 1. The summed E-state index contributed by atoms with van der Waals surface area (Å²) in [5, 5.41) is 16.0. The number of ether oxygens (including phenoxy) is 1. The van der Waals surface area contributed by atoms with Crippen molar-refractivity contribution < 1.29 is 23.0 Å². The van der Waals surface area contributed by atoms with Crippen LogP contribution in [0.15, 0.2) is 48.9 Å². The molecule has 3 fully saturated rings. The average Bonchev–Trinajstić information content (AvgIpc) is 3.76. The summed E-state index contributed by atoms with van der Waals surface area (Å²) in [6.45, 7) is 2.60. The first-order valence-corrected chi connectivity index (χ1v) is 15.4. The fourth-order valence-electron chi connectivity index (χ4n) is 7.43. The number of benzene rings is 2. The van der Waals surface area contributed by atoms with Crippen molar-refractivity contribution in [3.63, 3.8) is 0 Å². The van der Waals surface area contributed by atoms with Gasteiger partial charge in [-0.05, 0) is 55.5 Å². The Morgan fingerprint density at radius 2 is 2.07 bits per heavy atom. The third-order valence-corrected chi connectivity index (χ3v) is 9.70. The number of nitrogens with zero attached hydrogens (tertiary/aromatic N) is 7. The van der Waals surface area contributed by atoms with E-state index >= 15 is 4.39 Å². The molecular formula is C34H30F3N7O2. The standard InChI is InChI=1S/C34H30F3N7O2/c1-2-24-27(36)6-5-20-13-23(45)14-25(28(20)24)30-29(37)31-26(32(40-30)44-12-7-22(44)18-43-11-4-9-39-43)16-38-33(41-31)46-19-34-8-3-10-42(34)17-21(35)15-34/h1,4-6,9,11,13-14,16,21-22,45H,3,7-8,10,12,15,17-19H2/t21-,22-,34+/m1/s1. The Bertz CT molecular complexity index is 2030. The Hall–Kier alpha value is -4.89. The van der Waals surface area contributed by atoms with Gasteiger partial charge in [-0.3, -0.25) is 9.58 Å². The molecule has 3 saturated heterocycles. The molecule has 3 aliphatic rings. The van der Waals surface area contributed by atoms with E-state index in [-0.39, 0.29) is 52.1 Å². The number of pyridine rings is 1. The Labute approximate surface area is 262 Å². The van der Waals surface area contributed by atoms with E-state index in [1.54, 1.807) is 6.20 Å². The maximum Gasteiger partial charge on any atom is 0.317 e. The van der Waals surface area contributed by atoms with E-state index in [2.05, 4.69) is 25.9 Å². The van der Waals surface area contributed by atoms with Crippen LogP contribution in [0.1, 0.15) is 31.2 Å². The number of aromatic hydroxyl groups is 1. The summed E-state index contributed by atoms with van der Waals surface area (Å²) in [5.74, 6) is 1.23. The van der Waals surface area contributed by atoms with E-state index in [4.69, 9.17) is 16.1 Å². The number of rotatable bonds is 7. The Morgan fingerprint density at radius 1 is 1.17 bits per heavy atom. The molecule has 12 heteroatoms. The predicted molar refractivity (Wildman–Crippen MR) is 166 cm³/mol. The number of halogens is 3. The first-order valence-electron chi connectivity index (χ1n) is 15.4. The molecule has 0 radical (unpaired) electrons. The number of hydrogen-bond donors (Lipinski definition) is 1. The molecule has 3 atom stereocenters. The highest BCUT2D eigenvalue weighted by atomic mass is 19.1. The molecule has 9 nitrogen and oxygen atoms in total. The lowest BCUT2D eigenvalue weighted by molar-refractivity contribution is 0.107. The van der Waals surface area contributed by atoms with E-state index in [1.807, 2.05) is 21.8 Å². The Kier molecular flexibility index (Phi) is 6.76. The van der Waals surface area contributed by atoms with E-state index < -0.39 is 23.3 Å². The van der Waals surface area contributed by atoms with Gasteiger partial charge in [0.25, 0.3) is 0 Å². The number of fused-ring (bicyclic) bond motifs is 3. The van der Waals surface area contributed by atoms with Gasteiger partial charge in [-0.1, -0.05) is 12.0 Å². The van der Waals surface area contributed by atoms with E-state index in [1.165, 1.54) is 30.5 Å². The first kappa shape index (κ1) is 28.6. The maximum atomic E-state index is 16.8. The SMILES string of the molecule is C#Cc1c(F)ccc2cc(O)cc(-c3nc(N4CC[C@@H]4Cn4cccn4)c4cnc(OC[C@@]56CCCN5C[C@H](F)C6)nc4c3F)c12. The molecule has 1 N–H and O–H groups in total. The van der Waals surface area contributed by atoms with Gasteiger partial charge in [0.15, 0.2) is 5.82 Å². The summed E-state index contributed by atoms with van der Waals surface area (Å²) >= 11 is 0. The van der Waals surface area contributed by atoms with Crippen molar-refractivity contribution in [2.75, 3.05) is 31.1 Å². The van der Waals surface area contributed by atoms with Crippen molar-refractivity contribution in [2.24, 2.45) is 0 Å². The minimum absolute atomic E-state index is 0.00735. The van der Waals surface area contributed by atoms with Crippen molar-refractivity contribution in [1.29, 1.82) is 0 Å². The molecular weight excluding hydrogens is 595 g/mol. The minimum Gasteiger partial charge on any atom is -0.508 e. The summed E-state index contributed by atoms with van der Waals surface area (Å²) < 4.78 is 54.0. The highest BCUT2D eigenvalue weighted by Crippen LogP contribution is 2.42. The molecule has 234 valence electrons. The van der Waals surface area contributed by atoms with Gasteiger partial charge in [-0.25, -0.2) is 23.1 Å². The van der Waals surface area contributed by atoms with E-state index in [9.17, 15) is 13.9 Å². The monoisotopic (exact) mass is 625 g/mol. The molecule has 6 heterocycles. The topological polar surface area (TPSA) is 92.4 Å². The lowest BCUT2D eigenvalue weighted by Gasteiger charge is -2.42. The highest BCUT2D eigenvalue weighted by Gasteiger charge is 2.49. The van der Waals surface area contributed by atoms with Gasteiger partial charge in [-0.2, -0.15) is 10.1 Å². The molecule has 3 aromatic heterocycles. The Balaban J connectivity index is 1.27. The smallest absolute Gasteiger partial charge is 0.317 e. The number of hydrogen-bond acceptors (Lipinski definition) is 8. The third kappa shape index (κ3) is 4.60. The average molecular weight is 626 g/mol. The van der Waals surface area contributed by atoms with Crippen LogP contribution in [-0.4, -0.2) is 78.7 Å². The van der Waals surface area contributed by atoms with Crippen LogP contribution in [0.3, 0.4) is 0 Å².